The predicted molar refractivity (Wildman–Crippen MR) is 75.4 cm³/mol. The van der Waals surface area contributed by atoms with Gasteiger partial charge in [-0.05, 0) is 19.1 Å². The van der Waals surface area contributed by atoms with Gasteiger partial charge in [0.1, 0.15) is 5.75 Å². The Hall–Kier alpha value is -1.33. The van der Waals surface area contributed by atoms with Crippen LogP contribution in [0.4, 0.5) is 0 Å². The molecule has 1 rings (SSSR count). The molecule has 5 heteroatoms. The summed E-state index contributed by atoms with van der Waals surface area (Å²) in [6.07, 6.45) is 1.62. The van der Waals surface area contributed by atoms with Crippen LogP contribution in [0.1, 0.15) is 18.5 Å². The number of benzene rings is 1. The summed E-state index contributed by atoms with van der Waals surface area (Å²) in [6, 6.07) is 5.43. The summed E-state index contributed by atoms with van der Waals surface area (Å²) in [5.41, 5.74) is 6.71. The summed E-state index contributed by atoms with van der Waals surface area (Å²) in [6.45, 7) is 5.78. The van der Waals surface area contributed by atoms with Gasteiger partial charge in [0.25, 0.3) is 5.91 Å². The Morgan fingerprint density at radius 1 is 1.67 bits per heavy atom. The summed E-state index contributed by atoms with van der Waals surface area (Å²) >= 11 is 3.36. The Balaban J connectivity index is 2.68. The molecule has 1 aromatic carbocycles. The second-order valence-electron chi connectivity index (χ2n) is 3.85. The lowest BCUT2D eigenvalue weighted by Gasteiger charge is -2.14. The quantitative estimate of drug-likeness (QED) is 0.791. The molecule has 0 unspecified atom stereocenters. The van der Waals surface area contributed by atoms with E-state index in [2.05, 4.69) is 27.8 Å². The number of hydrogen-bond donors (Lipinski definition) is 2. The lowest BCUT2D eigenvalue weighted by Crippen LogP contribution is -2.29. The minimum absolute atomic E-state index is 0.0377. The number of nitrogens with two attached hydrogens (primary N) is 1. The SMILES string of the molecule is C=CCNC(=O)COc1cc(Br)ccc1[C@H](C)N. The third-order valence-electron chi connectivity index (χ3n) is 2.27. The van der Waals surface area contributed by atoms with Crippen molar-refractivity contribution in [1.29, 1.82) is 0 Å². The molecule has 0 aliphatic heterocycles. The highest BCUT2D eigenvalue weighted by Crippen LogP contribution is 2.27. The van der Waals surface area contributed by atoms with Crippen LogP contribution < -0.4 is 15.8 Å². The van der Waals surface area contributed by atoms with Gasteiger partial charge in [0, 0.05) is 22.6 Å². The van der Waals surface area contributed by atoms with Crippen molar-refractivity contribution in [2.24, 2.45) is 5.73 Å². The first-order valence-corrected chi connectivity index (χ1v) is 6.39. The van der Waals surface area contributed by atoms with Crippen LogP contribution >= 0.6 is 15.9 Å². The first-order valence-electron chi connectivity index (χ1n) is 5.60. The Bertz CT molecular complexity index is 433. The summed E-state index contributed by atoms with van der Waals surface area (Å²) in [5.74, 6) is 0.429. The number of hydrogen-bond acceptors (Lipinski definition) is 3. The summed E-state index contributed by atoms with van der Waals surface area (Å²) in [5, 5.41) is 2.64. The Kier molecular flexibility index (Phi) is 5.88. The number of amides is 1. The van der Waals surface area contributed by atoms with Crippen molar-refractivity contribution in [1.82, 2.24) is 5.32 Å². The fourth-order valence-corrected chi connectivity index (χ4v) is 1.73. The van der Waals surface area contributed by atoms with Crippen LogP contribution in [0.5, 0.6) is 5.75 Å². The molecule has 1 aromatic rings. The molecule has 0 bridgehead atoms. The molecule has 0 saturated heterocycles. The molecule has 0 aliphatic carbocycles. The number of carbonyl (C=O) groups is 1. The molecule has 18 heavy (non-hydrogen) atoms. The molecular formula is C13H17BrN2O2. The Morgan fingerprint density at radius 3 is 3.00 bits per heavy atom. The van der Waals surface area contributed by atoms with E-state index in [-0.39, 0.29) is 18.6 Å². The number of rotatable bonds is 6. The first-order chi connectivity index (χ1) is 8.54. The topological polar surface area (TPSA) is 64.3 Å². The van der Waals surface area contributed by atoms with E-state index in [0.717, 1.165) is 10.0 Å². The third kappa shape index (κ3) is 4.50. The molecule has 98 valence electrons. The zero-order chi connectivity index (χ0) is 13.5. The standard InChI is InChI=1S/C13H17BrN2O2/c1-3-6-16-13(17)8-18-12-7-10(14)4-5-11(12)9(2)15/h3-5,7,9H,1,6,8,15H2,2H3,(H,16,17)/t9-/m0/s1. The maximum atomic E-state index is 11.4. The van der Waals surface area contributed by atoms with Gasteiger partial charge in [0.05, 0.1) is 0 Å². The zero-order valence-electron chi connectivity index (χ0n) is 10.3. The van der Waals surface area contributed by atoms with Crippen molar-refractivity contribution in [3.63, 3.8) is 0 Å². The molecule has 0 aromatic heterocycles. The Labute approximate surface area is 115 Å². The fourth-order valence-electron chi connectivity index (χ4n) is 1.39. The van der Waals surface area contributed by atoms with E-state index < -0.39 is 0 Å². The second-order valence-corrected chi connectivity index (χ2v) is 4.77. The molecule has 4 nitrogen and oxygen atoms in total. The van der Waals surface area contributed by atoms with E-state index in [9.17, 15) is 4.79 Å². The monoisotopic (exact) mass is 312 g/mol. The van der Waals surface area contributed by atoms with Crippen LogP contribution in [0.3, 0.4) is 0 Å². The van der Waals surface area contributed by atoms with E-state index >= 15 is 0 Å². The molecule has 0 fully saturated rings. The largest absolute Gasteiger partial charge is 0.483 e. The van der Waals surface area contributed by atoms with Gasteiger partial charge in [-0.1, -0.05) is 28.1 Å². The van der Waals surface area contributed by atoms with Gasteiger partial charge in [0.2, 0.25) is 0 Å². The van der Waals surface area contributed by atoms with E-state index in [1.165, 1.54) is 0 Å². The van der Waals surface area contributed by atoms with Crippen LogP contribution in [0, 0.1) is 0 Å². The maximum Gasteiger partial charge on any atom is 0.258 e. The first kappa shape index (κ1) is 14.7. The third-order valence-corrected chi connectivity index (χ3v) is 2.76. The molecule has 1 amide bonds. The highest BCUT2D eigenvalue weighted by atomic mass is 79.9. The molecule has 0 saturated carbocycles. The van der Waals surface area contributed by atoms with Crippen molar-refractivity contribution < 1.29 is 9.53 Å². The van der Waals surface area contributed by atoms with Crippen molar-refractivity contribution in [3.8, 4) is 5.75 Å². The predicted octanol–water partition coefficient (Wildman–Crippen LogP) is 2.15. The average molecular weight is 313 g/mol. The lowest BCUT2D eigenvalue weighted by atomic mass is 10.1. The average Bonchev–Trinajstić information content (AvgIpc) is 2.33. The van der Waals surface area contributed by atoms with Crippen LogP contribution in [-0.2, 0) is 4.79 Å². The number of halogens is 1. The normalized spacial score (nSPS) is 11.7. The number of ether oxygens (including phenoxy) is 1. The van der Waals surface area contributed by atoms with Gasteiger partial charge in [0.15, 0.2) is 6.61 Å². The van der Waals surface area contributed by atoms with Gasteiger partial charge in [-0.25, -0.2) is 0 Å². The highest BCUT2D eigenvalue weighted by Gasteiger charge is 2.10. The molecule has 0 heterocycles. The summed E-state index contributed by atoms with van der Waals surface area (Å²) < 4.78 is 6.36. The van der Waals surface area contributed by atoms with Gasteiger partial charge in [-0.3, -0.25) is 4.79 Å². The van der Waals surface area contributed by atoms with Crippen LogP contribution in [-0.4, -0.2) is 19.1 Å². The molecular weight excluding hydrogens is 296 g/mol. The van der Waals surface area contributed by atoms with E-state index in [1.807, 2.05) is 19.1 Å². The van der Waals surface area contributed by atoms with Crippen molar-refractivity contribution in [3.05, 3.63) is 40.9 Å². The molecule has 0 spiro atoms. The lowest BCUT2D eigenvalue weighted by molar-refractivity contribution is -0.122. The minimum Gasteiger partial charge on any atom is -0.483 e. The molecule has 0 radical (unpaired) electrons. The van der Waals surface area contributed by atoms with Crippen molar-refractivity contribution in [2.75, 3.05) is 13.2 Å². The summed E-state index contributed by atoms with van der Waals surface area (Å²) in [7, 11) is 0. The minimum atomic E-state index is -0.189. The number of carbonyl (C=O) groups excluding carboxylic acids is 1. The van der Waals surface area contributed by atoms with Gasteiger partial charge >= 0.3 is 0 Å². The zero-order valence-corrected chi connectivity index (χ0v) is 11.9. The molecule has 1 atom stereocenters. The fraction of sp³-hybridized carbons (Fsp3) is 0.308. The highest BCUT2D eigenvalue weighted by molar-refractivity contribution is 9.10. The molecule has 3 N–H and O–H groups in total. The van der Waals surface area contributed by atoms with Crippen LogP contribution in [0.15, 0.2) is 35.3 Å². The van der Waals surface area contributed by atoms with E-state index in [4.69, 9.17) is 10.5 Å². The van der Waals surface area contributed by atoms with E-state index in [0.29, 0.717) is 12.3 Å². The molecule has 0 aliphatic rings. The maximum absolute atomic E-state index is 11.4. The van der Waals surface area contributed by atoms with Crippen LogP contribution in [0.25, 0.3) is 0 Å². The van der Waals surface area contributed by atoms with Crippen LogP contribution in [0.2, 0.25) is 0 Å². The smallest absolute Gasteiger partial charge is 0.258 e. The summed E-state index contributed by atoms with van der Waals surface area (Å²) in [4.78, 5) is 11.4. The van der Waals surface area contributed by atoms with E-state index in [1.54, 1.807) is 12.1 Å². The van der Waals surface area contributed by atoms with Gasteiger partial charge in [-0.15, -0.1) is 6.58 Å². The van der Waals surface area contributed by atoms with Crippen molar-refractivity contribution >= 4 is 21.8 Å². The Morgan fingerprint density at radius 2 is 2.39 bits per heavy atom. The second kappa shape index (κ2) is 7.18. The van der Waals surface area contributed by atoms with Gasteiger partial charge in [-0.2, -0.15) is 0 Å². The number of nitrogens with one attached hydrogen (secondary N) is 1. The van der Waals surface area contributed by atoms with Crippen molar-refractivity contribution in [2.45, 2.75) is 13.0 Å². The van der Waals surface area contributed by atoms with Gasteiger partial charge < -0.3 is 15.8 Å².